The Kier molecular flexibility index (Phi) is 6.09. The van der Waals surface area contributed by atoms with Gasteiger partial charge in [0.2, 0.25) is 0 Å². The molecule has 0 atom stereocenters. The molecule has 0 unspecified atom stereocenters. The van der Waals surface area contributed by atoms with Gasteiger partial charge in [-0.1, -0.05) is 29.8 Å². The predicted molar refractivity (Wildman–Crippen MR) is 119 cm³/mol. The van der Waals surface area contributed by atoms with Gasteiger partial charge in [-0.25, -0.2) is 4.68 Å². The first-order chi connectivity index (χ1) is 15.0. The van der Waals surface area contributed by atoms with E-state index in [1.54, 1.807) is 47.9 Å². The average molecular weight is 438 g/mol. The minimum absolute atomic E-state index is 0.0962. The maximum Gasteiger partial charge on any atom is 0.258 e. The van der Waals surface area contributed by atoms with Crippen molar-refractivity contribution >= 4 is 23.3 Å². The van der Waals surface area contributed by atoms with Gasteiger partial charge in [-0.2, -0.15) is 5.10 Å². The number of ether oxygens (including phenoxy) is 1. The van der Waals surface area contributed by atoms with Crippen molar-refractivity contribution in [3.05, 3.63) is 76.6 Å². The van der Waals surface area contributed by atoms with Gasteiger partial charge in [0.05, 0.1) is 24.1 Å². The number of aromatic nitrogens is 2. The van der Waals surface area contributed by atoms with E-state index in [1.165, 1.54) is 0 Å². The molecule has 7 heteroatoms. The summed E-state index contributed by atoms with van der Waals surface area (Å²) in [5.74, 6) is 0.599. The summed E-state index contributed by atoms with van der Waals surface area (Å²) in [4.78, 5) is 27.8. The summed E-state index contributed by atoms with van der Waals surface area (Å²) in [6.45, 7) is 2.81. The first kappa shape index (κ1) is 21.1. The number of rotatable bonds is 5. The van der Waals surface area contributed by atoms with E-state index in [9.17, 15) is 9.59 Å². The second kappa shape index (κ2) is 8.94. The molecule has 1 aromatic heterocycles. The van der Waals surface area contributed by atoms with Crippen LogP contribution in [0.5, 0.6) is 5.75 Å². The molecule has 4 rings (SSSR count). The van der Waals surface area contributed by atoms with Crippen molar-refractivity contribution in [3.8, 4) is 11.4 Å². The largest absolute Gasteiger partial charge is 0.497 e. The monoisotopic (exact) mass is 437 g/mol. The van der Waals surface area contributed by atoms with Crippen molar-refractivity contribution < 1.29 is 14.3 Å². The number of carbonyl (C=O) groups is 2. The highest BCUT2D eigenvalue weighted by Crippen LogP contribution is 2.28. The highest BCUT2D eigenvalue weighted by molar-refractivity contribution is 6.33. The number of piperidine rings is 1. The standard InChI is InChI=1S/C24H24ClN3O3/c1-16-21(23(25)28(26-16)19-6-4-3-5-7-19)24(30)27-14-12-18(13-15-27)22(29)17-8-10-20(31-2)11-9-17/h3-11,18H,12-15H2,1-2H3. The molecule has 1 aliphatic rings. The van der Waals surface area contributed by atoms with Crippen molar-refractivity contribution in [3.63, 3.8) is 0 Å². The fourth-order valence-electron chi connectivity index (χ4n) is 3.98. The molecule has 31 heavy (non-hydrogen) atoms. The van der Waals surface area contributed by atoms with Crippen LogP contribution in [0.4, 0.5) is 0 Å². The molecule has 0 radical (unpaired) electrons. The molecule has 0 bridgehead atoms. The summed E-state index contributed by atoms with van der Waals surface area (Å²) < 4.78 is 6.74. The summed E-state index contributed by atoms with van der Waals surface area (Å²) in [6.07, 6.45) is 1.25. The first-order valence-electron chi connectivity index (χ1n) is 10.3. The van der Waals surface area contributed by atoms with Crippen molar-refractivity contribution in [2.45, 2.75) is 19.8 Å². The lowest BCUT2D eigenvalue weighted by Crippen LogP contribution is -2.40. The number of likely N-dealkylation sites (tertiary alicyclic amines) is 1. The van der Waals surface area contributed by atoms with Crippen LogP contribution >= 0.6 is 11.6 Å². The van der Waals surface area contributed by atoms with Gasteiger partial charge >= 0.3 is 0 Å². The molecule has 0 spiro atoms. The summed E-state index contributed by atoms with van der Waals surface area (Å²) in [5, 5.41) is 4.78. The first-order valence-corrected chi connectivity index (χ1v) is 10.7. The molecule has 0 saturated carbocycles. The number of nitrogens with zero attached hydrogens (tertiary/aromatic N) is 3. The maximum atomic E-state index is 13.2. The molecular formula is C24H24ClN3O3. The zero-order chi connectivity index (χ0) is 22.0. The van der Waals surface area contributed by atoms with Gasteiger partial charge in [-0.05, 0) is 56.2 Å². The smallest absolute Gasteiger partial charge is 0.258 e. The summed E-state index contributed by atoms with van der Waals surface area (Å²) >= 11 is 6.55. The maximum absolute atomic E-state index is 13.2. The Morgan fingerprint density at radius 3 is 2.29 bits per heavy atom. The Hall–Kier alpha value is -3.12. The molecule has 3 aromatic rings. The highest BCUT2D eigenvalue weighted by Gasteiger charge is 2.31. The SMILES string of the molecule is COc1ccc(C(=O)C2CCN(C(=O)c3c(C)nn(-c4ccccc4)c3Cl)CC2)cc1. The van der Waals surface area contributed by atoms with E-state index < -0.39 is 0 Å². The Labute approximate surface area is 186 Å². The molecule has 160 valence electrons. The quantitative estimate of drug-likeness (QED) is 0.548. The number of hydrogen-bond donors (Lipinski definition) is 0. The average Bonchev–Trinajstić information content (AvgIpc) is 3.12. The molecule has 0 aliphatic carbocycles. The fourth-order valence-corrected chi connectivity index (χ4v) is 4.33. The van der Waals surface area contributed by atoms with Crippen molar-refractivity contribution in [2.75, 3.05) is 20.2 Å². The third kappa shape index (κ3) is 4.21. The van der Waals surface area contributed by atoms with Gasteiger partial charge in [0.25, 0.3) is 5.91 Å². The van der Waals surface area contributed by atoms with E-state index >= 15 is 0 Å². The van der Waals surface area contributed by atoms with E-state index in [4.69, 9.17) is 16.3 Å². The lowest BCUT2D eigenvalue weighted by Gasteiger charge is -2.31. The van der Waals surface area contributed by atoms with Crippen LogP contribution in [-0.4, -0.2) is 46.6 Å². The van der Waals surface area contributed by atoms with Gasteiger partial charge in [0, 0.05) is 24.6 Å². The highest BCUT2D eigenvalue weighted by atomic mass is 35.5. The van der Waals surface area contributed by atoms with E-state index in [0.29, 0.717) is 47.9 Å². The predicted octanol–water partition coefficient (Wildman–Crippen LogP) is 4.58. The number of halogens is 1. The Balaban J connectivity index is 1.45. The molecule has 2 heterocycles. The van der Waals surface area contributed by atoms with Gasteiger partial charge in [0.15, 0.2) is 5.78 Å². The van der Waals surface area contributed by atoms with E-state index in [-0.39, 0.29) is 17.6 Å². The van der Waals surface area contributed by atoms with E-state index in [0.717, 1.165) is 11.4 Å². The number of ketones is 1. The second-order valence-corrected chi connectivity index (χ2v) is 8.02. The normalized spacial score (nSPS) is 14.5. The van der Waals surface area contributed by atoms with E-state index in [2.05, 4.69) is 5.10 Å². The number of carbonyl (C=O) groups excluding carboxylic acids is 2. The van der Waals surface area contributed by atoms with Crippen LogP contribution in [0.3, 0.4) is 0 Å². The van der Waals surface area contributed by atoms with Gasteiger partial charge in [-0.3, -0.25) is 9.59 Å². The van der Waals surface area contributed by atoms with Crippen molar-refractivity contribution in [1.29, 1.82) is 0 Å². The Morgan fingerprint density at radius 1 is 1.03 bits per heavy atom. The lowest BCUT2D eigenvalue weighted by atomic mass is 9.88. The molecule has 6 nitrogen and oxygen atoms in total. The van der Waals surface area contributed by atoms with Crippen LogP contribution in [0.25, 0.3) is 5.69 Å². The zero-order valence-corrected chi connectivity index (χ0v) is 18.3. The van der Waals surface area contributed by atoms with Crippen molar-refractivity contribution in [1.82, 2.24) is 14.7 Å². The molecule has 1 fully saturated rings. The Morgan fingerprint density at radius 2 is 1.68 bits per heavy atom. The third-order valence-electron chi connectivity index (χ3n) is 5.75. The van der Waals surface area contributed by atoms with Gasteiger partial charge < -0.3 is 9.64 Å². The number of aryl methyl sites for hydroxylation is 1. The number of methoxy groups -OCH3 is 1. The molecular weight excluding hydrogens is 414 g/mol. The van der Waals surface area contributed by atoms with Gasteiger partial charge in [0.1, 0.15) is 10.9 Å². The van der Waals surface area contributed by atoms with Crippen LogP contribution in [-0.2, 0) is 0 Å². The third-order valence-corrected chi connectivity index (χ3v) is 6.10. The Bertz CT molecular complexity index is 1090. The van der Waals surface area contributed by atoms with Crippen molar-refractivity contribution in [2.24, 2.45) is 5.92 Å². The summed E-state index contributed by atoms with van der Waals surface area (Å²) in [5.41, 5.74) is 2.49. The minimum atomic E-state index is -0.139. The van der Waals surface area contributed by atoms with Crippen LogP contribution in [0.1, 0.15) is 39.3 Å². The van der Waals surface area contributed by atoms with Gasteiger partial charge in [-0.15, -0.1) is 0 Å². The summed E-state index contributed by atoms with van der Waals surface area (Å²) in [7, 11) is 1.60. The molecule has 0 N–H and O–H groups in total. The number of amides is 1. The lowest BCUT2D eigenvalue weighted by molar-refractivity contribution is 0.0650. The zero-order valence-electron chi connectivity index (χ0n) is 17.5. The molecule has 1 saturated heterocycles. The minimum Gasteiger partial charge on any atom is -0.497 e. The van der Waals surface area contributed by atoms with Crippen LogP contribution in [0.2, 0.25) is 5.15 Å². The summed E-state index contributed by atoms with van der Waals surface area (Å²) in [6, 6.07) is 16.7. The van der Waals surface area contributed by atoms with Crippen LogP contribution < -0.4 is 4.74 Å². The fraction of sp³-hybridized carbons (Fsp3) is 0.292. The molecule has 2 aromatic carbocycles. The molecule has 1 amide bonds. The van der Waals surface area contributed by atoms with Crippen LogP contribution in [0, 0.1) is 12.8 Å². The second-order valence-electron chi connectivity index (χ2n) is 7.66. The number of para-hydroxylation sites is 1. The van der Waals surface area contributed by atoms with E-state index in [1.807, 2.05) is 30.3 Å². The van der Waals surface area contributed by atoms with Crippen LogP contribution in [0.15, 0.2) is 54.6 Å². The molecule has 1 aliphatic heterocycles. The number of hydrogen-bond acceptors (Lipinski definition) is 4. The topological polar surface area (TPSA) is 64.4 Å². The number of Topliss-reactive ketones (excluding diaryl/α,β-unsaturated/α-hetero) is 1. The number of benzene rings is 2.